The predicted molar refractivity (Wildman–Crippen MR) is 75.2 cm³/mol. The highest BCUT2D eigenvalue weighted by atomic mass is 35.5. The van der Waals surface area contributed by atoms with Crippen LogP contribution in [0.1, 0.15) is 31.7 Å². The lowest BCUT2D eigenvalue weighted by molar-refractivity contribution is 0.326. The van der Waals surface area contributed by atoms with Crippen LogP contribution in [0.5, 0.6) is 0 Å². The van der Waals surface area contributed by atoms with E-state index in [1.807, 2.05) is 6.08 Å². The van der Waals surface area contributed by atoms with Crippen molar-refractivity contribution in [1.29, 1.82) is 0 Å². The van der Waals surface area contributed by atoms with Gasteiger partial charge in [-0.2, -0.15) is 0 Å². The van der Waals surface area contributed by atoms with Gasteiger partial charge in [0.1, 0.15) is 5.82 Å². The molecular formula is C15H19ClFN. The Kier molecular flexibility index (Phi) is 4.79. The molecule has 1 nitrogen and oxygen atoms in total. The summed E-state index contributed by atoms with van der Waals surface area (Å²) in [7, 11) is 0. The molecule has 2 rings (SSSR count). The molecule has 0 radical (unpaired) electrons. The van der Waals surface area contributed by atoms with E-state index in [1.165, 1.54) is 31.4 Å². The maximum Gasteiger partial charge on any atom is 0.124 e. The second kappa shape index (κ2) is 6.35. The van der Waals surface area contributed by atoms with Gasteiger partial charge in [-0.3, -0.25) is 0 Å². The van der Waals surface area contributed by atoms with Crippen molar-refractivity contribution in [3.05, 3.63) is 40.7 Å². The molecule has 0 spiro atoms. The van der Waals surface area contributed by atoms with Crippen molar-refractivity contribution in [2.75, 3.05) is 6.54 Å². The van der Waals surface area contributed by atoms with E-state index < -0.39 is 0 Å². The van der Waals surface area contributed by atoms with Crippen LogP contribution in [0.2, 0.25) is 5.02 Å². The largest absolute Gasteiger partial charge is 0.310 e. The zero-order valence-corrected chi connectivity index (χ0v) is 11.4. The van der Waals surface area contributed by atoms with Gasteiger partial charge >= 0.3 is 0 Å². The first-order valence-corrected chi connectivity index (χ1v) is 6.93. The summed E-state index contributed by atoms with van der Waals surface area (Å²) < 4.78 is 12.9. The number of piperidine rings is 1. The summed E-state index contributed by atoms with van der Waals surface area (Å²) in [6, 6.07) is 4.91. The highest BCUT2D eigenvalue weighted by Gasteiger charge is 2.17. The second-order valence-corrected chi connectivity index (χ2v) is 5.29. The summed E-state index contributed by atoms with van der Waals surface area (Å²) in [5, 5.41) is 3.95. The van der Waals surface area contributed by atoms with Gasteiger partial charge in [-0.05, 0) is 43.0 Å². The van der Waals surface area contributed by atoms with Crippen molar-refractivity contribution in [3.63, 3.8) is 0 Å². The number of hydrogen-bond donors (Lipinski definition) is 1. The summed E-state index contributed by atoms with van der Waals surface area (Å²) >= 11 is 5.99. The molecule has 3 heteroatoms. The number of rotatable bonds is 3. The van der Waals surface area contributed by atoms with Crippen molar-refractivity contribution in [1.82, 2.24) is 5.32 Å². The first-order chi connectivity index (χ1) is 8.69. The van der Waals surface area contributed by atoms with E-state index in [2.05, 4.69) is 18.3 Å². The lowest BCUT2D eigenvalue weighted by atomic mass is 9.90. The van der Waals surface area contributed by atoms with E-state index in [4.69, 9.17) is 11.6 Å². The van der Waals surface area contributed by atoms with Crippen molar-refractivity contribution >= 4 is 17.7 Å². The third kappa shape index (κ3) is 3.56. The summed E-state index contributed by atoms with van der Waals surface area (Å²) in [6.45, 7) is 3.32. The van der Waals surface area contributed by atoms with Gasteiger partial charge in [0.25, 0.3) is 0 Å². The van der Waals surface area contributed by atoms with E-state index in [9.17, 15) is 4.39 Å². The van der Waals surface area contributed by atoms with E-state index in [0.717, 1.165) is 18.0 Å². The van der Waals surface area contributed by atoms with Crippen LogP contribution in [0, 0.1) is 11.7 Å². The zero-order valence-electron chi connectivity index (χ0n) is 10.6. The standard InChI is InChI=1S/C15H19ClFN/c1-2-11-7-8-18-14(9-11)6-4-12-3-5-13(17)10-15(12)16/h3-6,10-11,14,18H,2,7-9H2,1H3/b6-4+. The van der Waals surface area contributed by atoms with Crippen LogP contribution >= 0.6 is 11.6 Å². The highest BCUT2D eigenvalue weighted by Crippen LogP contribution is 2.22. The van der Waals surface area contributed by atoms with Crippen LogP contribution in [0.15, 0.2) is 24.3 Å². The van der Waals surface area contributed by atoms with E-state index in [0.29, 0.717) is 11.1 Å². The lowest BCUT2D eigenvalue weighted by Crippen LogP contribution is -2.36. The van der Waals surface area contributed by atoms with Gasteiger partial charge in [0.15, 0.2) is 0 Å². The molecule has 1 aromatic carbocycles. The van der Waals surface area contributed by atoms with Crippen LogP contribution in [-0.4, -0.2) is 12.6 Å². The van der Waals surface area contributed by atoms with E-state index in [-0.39, 0.29) is 5.82 Å². The molecule has 0 aliphatic carbocycles. The van der Waals surface area contributed by atoms with Crippen molar-refractivity contribution in [3.8, 4) is 0 Å². The van der Waals surface area contributed by atoms with E-state index >= 15 is 0 Å². The summed E-state index contributed by atoms with van der Waals surface area (Å²) in [6.07, 6.45) is 7.80. The SMILES string of the molecule is CCC1CCNC(/C=C/c2ccc(F)cc2Cl)C1. The van der Waals surface area contributed by atoms with Gasteiger partial charge in [0.05, 0.1) is 5.02 Å². The maximum atomic E-state index is 12.9. The molecule has 1 saturated heterocycles. The Labute approximate surface area is 113 Å². The first kappa shape index (κ1) is 13.6. The molecule has 0 saturated carbocycles. The molecule has 0 bridgehead atoms. The van der Waals surface area contributed by atoms with Gasteiger partial charge in [0.2, 0.25) is 0 Å². The molecule has 2 unspecified atom stereocenters. The predicted octanol–water partition coefficient (Wildman–Crippen LogP) is 4.27. The quantitative estimate of drug-likeness (QED) is 0.862. The van der Waals surface area contributed by atoms with Crippen LogP contribution in [0.3, 0.4) is 0 Å². The molecule has 0 aromatic heterocycles. The van der Waals surface area contributed by atoms with Crippen LogP contribution in [-0.2, 0) is 0 Å². The molecule has 1 fully saturated rings. The number of halogens is 2. The lowest BCUT2D eigenvalue weighted by Gasteiger charge is -2.27. The van der Waals surface area contributed by atoms with Crippen LogP contribution < -0.4 is 5.32 Å². The second-order valence-electron chi connectivity index (χ2n) is 4.88. The molecule has 1 heterocycles. The fourth-order valence-electron chi connectivity index (χ4n) is 2.41. The zero-order chi connectivity index (χ0) is 13.0. The molecule has 98 valence electrons. The Morgan fingerprint density at radius 2 is 2.33 bits per heavy atom. The molecule has 1 aliphatic rings. The van der Waals surface area contributed by atoms with Gasteiger partial charge in [-0.15, -0.1) is 0 Å². The molecule has 1 aliphatic heterocycles. The van der Waals surface area contributed by atoms with Crippen molar-refractivity contribution < 1.29 is 4.39 Å². The molecule has 0 amide bonds. The third-order valence-electron chi connectivity index (χ3n) is 3.59. The smallest absolute Gasteiger partial charge is 0.124 e. The number of benzene rings is 1. The minimum atomic E-state index is -0.293. The number of nitrogens with one attached hydrogen (secondary N) is 1. The molecular weight excluding hydrogens is 249 g/mol. The van der Waals surface area contributed by atoms with Gasteiger partial charge < -0.3 is 5.32 Å². The van der Waals surface area contributed by atoms with Crippen LogP contribution in [0.25, 0.3) is 6.08 Å². The van der Waals surface area contributed by atoms with Crippen molar-refractivity contribution in [2.45, 2.75) is 32.2 Å². The minimum absolute atomic E-state index is 0.293. The monoisotopic (exact) mass is 267 g/mol. The first-order valence-electron chi connectivity index (χ1n) is 6.55. The summed E-state index contributed by atoms with van der Waals surface area (Å²) in [5.74, 6) is 0.517. The Bertz CT molecular complexity index is 431. The van der Waals surface area contributed by atoms with E-state index in [1.54, 1.807) is 6.07 Å². The average Bonchev–Trinajstić information content (AvgIpc) is 2.38. The topological polar surface area (TPSA) is 12.0 Å². The van der Waals surface area contributed by atoms with Gasteiger partial charge in [-0.1, -0.05) is 43.2 Å². The Morgan fingerprint density at radius 1 is 1.50 bits per heavy atom. The molecule has 18 heavy (non-hydrogen) atoms. The molecule has 1 N–H and O–H groups in total. The van der Waals surface area contributed by atoms with Gasteiger partial charge in [0, 0.05) is 6.04 Å². The Hall–Kier alpha value is -0.860. The fraction of sp³-hybridized carbons (Fsp3) is 0.467. The number of hydrogen-bond acceptors (Lipinski definition) is 1. The van der Waals surface area contributed by atoms with Gasteiger partial charge in [-0.25, -0.2) is 4.39 Å². The average molecular weight is 268 g/mol. The Balaban J connectivity index is 2.01. The molecule has 1 aromatic rings. The van der Waals surface area contributed by atoms with Crippen LogP contribution in [0.4, 0.5) is 4.39 Å². The molecule has 2 atom stereocenters. The third-order valence-corrected chi connectivity index (χ3v) is 3.92. The minimum Gasteiger partial charge on any atom is -0.310 e. The fourth-order valence-corrected chi connectivity index (χ4v) is 2.64. The maximum absolute atomic E-state index is 12.9. The van der Waals surface area contributed by atoms with Crippen molar-refractivity contribution in [2.24, 2.45) is 5.92 Å². The summed E-state index contributed by atoms with van der Waals surface area (Å²) in [5.41, 5.74) is 0.874. The Morgan fingerprint density at radius 3 is 3.06 bits per heavy atom. The highest BCUT2D eigenvalue weighted by molar-refractivity contribution is 6.32. The normalized spacial score (nSPS) is 24.6. The summed E-state index contributed by atoms with van der Waals surface area (Å²) in [4.78, 5) is 0.